The summed E-state index contributed by atoms with van der Waals surface area (Å²) in [5.41, 5.74) is 10.3. The van der Waals surface area contributed by atoms with E-state index in [1.165, 1.54) is 18.5 Å². The Labute approximate surface area is 146 Å². The van der Waals surface area contributed by atoms with Gasteiger partial charge in [-0.1, -0.05) is 0 Å². The molecule has 0 unspecified atom stereocenters. The van der Waals surface area contributed by atoms with E-state index in [-0.39, 0.29) is 5.82 Å². The summed E-state index contributed by atoms with van der Waals surface area (Å²) in [6, 6.07) is 1.37. The zero-order chi connectivity index (χ0) is 19.4. The molecule has 0 amide bonds. The minimum Gasteiger partial charge on any atom is -0.394 e. The van der Waals surface area contributed by atoms with Crippen molar-refractivity contribution in [2.24, 2.45) is 0 Å². The highest BCUT2D eigenvalue weighted by Crippen LogP contribution is 2.27. The first-order chi connectivity index (χ1) is 12.2. The van der Waals surface area contributed by atoms with Gasteiger partial charge in [-0.05, 0) is 13.0 Å². The summed E-state index contributed by atoms with van der Waals surface area (Å²) < 4.78 is 6.19. The van der Waals surface area contributed by atoms with Gasteiger partial charge in [0.2, 0.25) is 0 Å². The second-order valence-electron chi connectivity index (χ2n) is 5.54. The summed E-state index contributed by atoms with van der Waals surface area (Å²) >= 11 is 0. The number of aryl methyl sites for hydroxylation is 1. The van der Waals surface area contributed by atoms with Crippen molar-refractivity contribution in [3.63, 3.8) is 0 Å². The van der Waals surface area contributed by atoms with Gasteiger partial charge in [-0.3, -0.25) is 4.57 Å². The molecule has 12 heteroatoms. The lowest BCUT2D eigenvalue weighted by Gasteiger charge is -2.16. The number of aliphatic hydroxyl groups excluding tert-OH is 3. The van der Waals surface area contributed by atoms with E-state index in [1.54, 1.807) is 6.92 Å². The van der Waals surface area contributed by atoms with E-state index in [4.69, 9.17) is 21.3 Å². The van der Waals surface area contributed by atoms with Crippen molar-refractivity contribution in [2.45, 2.75) is 31.5 Å². The van der Waals surface area contributed by atoms with Gasteiger partial charge in [0.25, 0.3) is 0 Å². The van der Waals surface area contributed by atoms with Crippen LogP contribution < -0.4 is 22.8 Å². The van der Waals surface area contributed by atoms with Crippen molar-refractivity contribution in [1.29, 1.82) is 0 Å². The maximum absolute atomic E-state index is 11.5. The Morgan fingerprint density at radius 2 is 1.96 bits per heavy atom. The van der Waals surface area contributed by atoms with Crippen LogP contribution in [0.15, 0.2) is 28.0 Å². The predicted molar refractivity (Wildman–Crippen MR) is 89.9 cm³/mol. The number of aromatic nitrogens is 4. The van der Waals surface area contributed by atoms with Gasteiger partial charge in [-0.25, -0.2) is 9.59 Å². The van der Waals surface area contributed by atoms with Crippen molar-refractivity contribution >= 4 is 11.6 Å². The molecular formula is C14H20N6O6. The Hall–Kier alpha value is -2.80. The summed E-state index contributed by atoms with van der Waals surface area (Å²) in [5.74, 6) is 0.344. The Morgan fingerprint density at radius 3 is 2.46 bits per heavy atom. The Balaban J connectivity index is 0.000000228. The number of rotatable bonds is 2. The topological polar surface area (TPSA) is 203 Å². The average molecular weight is 368 g/mol. The summed E-state index contributed by atoms with van der Waals surface area (Å²) in [5, 5.41) is 28.2. The standard InChI is InChI=1S/C9H13N3O5.C5H7N3O/c10-5-1-2-12(9(16)11-5)8-7(15)6(14)4(3-13)17-8;1-3-2-7-5(9)8-4(3)6/h1-2,4,6-8,13-15H,3H2,(H2,10,11,16);2H,1H3,(H3,6,7,8,9)/t4-,6-,7-,8-;/m1./s1. The minimum absolute atomic E-state index is 0.0537. The van der Waals surface area contributed by atoms with Crippen LogP contribution in [0.1, 0.15) is 11.8 Å². The SMILES string of the molecule is Cc1c[nH]c(=O)nc1N.Nc1ccn([C@@H]2O[C@H](CO)[C@@H](O)[C@H]2O)c(=O)n1. The van der Waals surface area contributed by atoms with E-state index in [9.17, 15) is 19.8 Å². The Bertz CT molecular complexity index is 867. The highest BCUT2D eigenvalue weighted by Gasteiger charge is 2.43. The van der Waals surface area contributed by atoms with Crippen molar-refractivity contribution in [3.05, 3.63) is 45.0 Å². The first-order valence-corrected chi connectivity index (χ1v) is 7.53. The number of hydrogen-bond acceptors (Lipinski definition) is 10. The maximum Gasteiger partial charge on any atom is 0.351 e. The number of anilines is 2. The second-order valence-corrected chi connectivity index (χ2v) is 5.54. The van der Waals surface area contributed by atoms with Crippen molar-refractivity contribution in [1.82, 2.24) is 19.5 Å². The molecule has 1 aliphatic rings. The molecule has 8 N–H and O–H groups in total. The van der Waals surface area contributed by atoms with Gasteiger partial charge in [-0.2, -0.15) is 9.97 Å². The molecule has 2 aromatic heterocycles. The molecule has 26 heavy (non-hydrogen) atoms. The number of nitrogen functional groups attached to an aromatic ring is 2. The van der Waals surface area contributed by atoms with Gasteiger partial charge in [0.05, 0.1) is 6.61 Å². The molecular weight excluding hydrogens is 348 g/mol. The monoisotopic (exact) mass is 368 g/mol. The molecule has 12 nitrogen and oxygen atoms in total. The number of aromatic amines is 1. The molecule has 1 saturated heterocycles. The second kappa shape index (κ2) is 8.05. The third-order valence-electron chi connectivity index (χ3n) is 3.68. The van der Waals surface area contributed by atoms with Crippen LogP contribution in [0.4, 0.5) is 11.6 Å². The fourth-order valence-corrected chi connectivity index (χ4v) is 2.20. The highest BCUT2D eigenvalue weighted by molar-refractivity contribution is 5.34. The molecule has 0 radical (unpaired) electrons. The van der Waals surface area contributed by atoms with Crippen molar-refractivity contribution in [3.8, 4) is 0 Å². The van der Waals surface area contributed by atoms with Crippen molar-refractivity contribution < 1.29 is 20.1 Å². The molecule has 1 aliphatic heterocycles. The van der Waals surface area contributed by atoms with Gasteiger partial charge in [0, 0.05) is 18.0 Å². The van der Waals surface area contributed by atoms with Gasteiger partial charge in [-0.15, -0.1) is 0 Å². The van der Waals surface area contributed by atoms with E-state index in [0.717, 1.165) is 10.1 Å². The van der Waals surface area contributed by atoms with Gasteiger partial charge < -0.3 is 36.5 Å². The van der Waals surface area contributed by atoms with Gasteiger partial charge in [0.15, 0.2) is 6.23 Å². The molecule has 0 aromatic carbocycles. The van der Waals surface area contributed by atoms with Gasteiger partial charge >= 0.3 is 11.4 Å². The number of nitrogens with two attached hydrogens (primary N) is 2. The number of ether oxygens (including phenoxy) is 1. The lowest BCUT2D eigenvalue weighted by Crippen LogP contribution is -2.36. The first-order valence-electron chi connectivity index (χ1n) is 7.53. The van der Waals surface area contributed by atoms with Gasteiger partial charge in [0.1, 0.15) is 29.9 Å². The molecule has 2 aromatic rings. The zero-order valence-electron chi connectivity index (χ0n) is 13.8. The molecule has 0 saturated carbocycles. The number of nitrogens with zero attached hydrogens (tertiary/aromatic N) is 3. The largest absolute Gasteiger partial charge is 0.394 e. The zero-order valence-corrected chi connectivity index (χ0v) is 13.8. The highest BCUT2D eigenvalue weighted by atomic mass is 16.6. The fraction of sp³-hybridized carbons (Fsp3) is 0.429. The number of hydrogen-bond donors (Lipinski definition) is 6. The van der Waals surface area contributed by atoms with Crippen LogP contribution in [0.5, 0.6) is 0 Å². The summed E-state index contributed by atoms with van der Waals surface area (Å²) in [6.45, 7) is 1.32. The van der Waals surface area contributed by atoms with E-state index in [2.05, 4.69) is 15.0 Å². The van der Waals surface area contributed by atoms with E-state index in [0.29, 0.717) is 5.82 Å². The third kappa shape index (κ3) is 4.23. The first kappa shape index (κ1) is 19.5. The lowest BCUT2D eigenvalue weighted by molar-refractivity contribution is -0.0549. The Kier molecular flexibility index (Phi) is 6.05. The number of aliphatic hydroxyl groups is 3. The number of H-pyrrole nitrogens is 1. The molecule has 1 fully saturated rings. The van der Waals surface area contributed by atoms with Crippen LogP contribution in [0.25, 0.3) is 0 Å². The van der Waals surface area contributed by atoms with Crippen LogP contribution in [0.3, 0.4) is 0 Å². The van der Waals surface area contributed by atoms with E-state index < -0.39 is 42.5 Å². The molecule has 0 aliphatic carbocycles. The van der Waals surface area contributed by atoms with Crippen LogP contribution >= 0.6 is 0 Å². The molecule has 0 bridgehead atoms. The minimum atomic E-state index is -1.31. The molecule has 4 atom stereocenters. The predicted octanol–water partition coefficient (Wildman–Crippen LogP) is -2.90. The third-order valence-corrected chi connectivity index (χ3v) is 3.68. The number of nitrogens with one attached hydrogen (secondary N) is 1. The lowest BCUT2D eigenvalue weighted by atomic mass is 10.1. The quantitative estimate of drug-likeness (QED) is 0.319. The summed E-state index contributed by atoms with van der Waals surface area (Å²) in [4.78, 5) is 31.2. The van der Waals surface area contributed by atoms with Crippen LogP contribution in [-0.4, -0.2) is 59.8 Å². The normalized spacial score (nSPS) is 24.8. The Morgan fingerprint density at radius 1 is 1.27 bits per heavy atom. The smallest absolute Gasteiger partial charge is 0.351 e. The molecule has 3 heterocycles. The molecule has 0 spiro atoms. The van der Waals surface area contributed by atoms with Crippen molar-refractivity contribution in [2.75, 3.05) is 18.1 Å². The molecule has 3 rings (SSSR count). The van der Waals surface area contributed by atoms with Crippen LogP contribution in [-0.2, 0) is 4.74 Å². The fourth-order valence-electron chi connectivity index (χ4n) is 2.20. The summed E-state index contributed by atoms with van der Waals surface area (Å²) in [7, 11) is 0. The van der Waals surface area contributed by atoms with Crippen LogP contribution in [0.2, 0.25) is 0 Å². The maximum atomic E-state index is 11.5. The summed E-state index contributed by atoms with van der Waals surface area (Å²) in [6.07, 6.45) is -1.73. The van der Waals surface area contributed by atoms with E-state index >= 15 is 0 Å². The molecule has 142 valence electrons. The van der Waals surface area contributed by atoms with E-state index in [1.807, 2.05) is 0 Å². The average Bonchev–Trinajstić information content (AvgIpc) is 2.87. The van der Waals surface area contributed by atoms with Crippen LogP contribution in [0, 0.1) is 6.92 Å².